The molecule has 164 valence electrons. The summed E-state index contributed by atoms with van der Waals surface area (Å²) in [5.41, 5.74) is 12.4. The Labute approximate surface area is 184 Å². The van der Waals surface area contributed by atoms with E-state index < -0.39 is 0 Å². The molecule has 0 aromatic heterocycles. The van der Waals surface area contributed by atoms with E-state index in [0.29, 0.717) is 24.3 Å². The predicted molar refractivity (Wildman–Crippen MR) is 132 cm³/mol. The van der Waals surface area contributed by atoms with Crippen molar-refractivity contribution in [2.24, 2.45) is 0 Å². The first-order valence-corrected chi connectivity index (χ1v) is 10.9. The highest BCUT2D eigenvalue weighted by Gasteiger charge is 2.14. The maximum absolute atomic E-state index is 13.1. The van der Waals surface area contributed by atoms with Gasteiger partial charge in [-0.2, -0.15) is 0 Å². The Morgan fingerprint density at radius 2 is 1.20 bits per heavy atom. The van der Waals surface area contributed by atoms with Gasteiger partial charge in [-0.05, 0) is 91.5 Å². The summed E-state index contributed by atoms with van der Waals surface area (Å²) in [6, 6.07) is 7.18. The Morgan fingerprint density at radius 3 is 1.60 bits per heavy atom. The highest BCUT2D eigenvalue weighted by molar-refractivity contribution is 5.94. The molecule has 1 rings (SSSR count). The van der Waals surface area contributed by atoms with Crippen LogP contribution in [0.3, 0.4) is 0 Å². The van der Waals surface area contributed by atoms with Crippen molar-refractivity contribution in [3.8, 4) is 0 Å². The van der Waals surface area contributed by atoms with Gasteiger partial charge in [0.15, 0.2) is 0 Å². The number of nitrogens with two attached hydrogens (primary N) is 1. The van der Waals surface area contributed by atoms with Gasteiger partial charge in [-0.15, -0.1) is 0 Å². The van der Waals surface area contributed by atoms with Crippen LogP contribution in [0, 0.1) is 0 Å². The summed E-state index contributed by atoms with van der Waals surface area (Å²) < 4.78 is 0. The van der Waals surface area contributed by atoms with Crippen LogP contribution in [0.25, 0.3) is 0 Å². The lowest BCUT2D eigenvalue weighted by Gasteiger charge is -2.21. The van der Waals surface area contributed by atoms with Gasteiger partial charge in [-0.1, -0.05) is 46.6 Å². The molecule has 0 aliphatic carbocycles. The Bertz CT molecular complexity index is 747. The monoisotopic (exact) mass is 408 g/mol. The van der Waals surface area contributed by atoms with Crippen molar-refractivity contribution in [1.82, 2.24) is 4.90 Å². The quantitative estimate of drug-likeness (QED) is 0.313. The van der Waals surface area contributed by atoms with Gasteiger partial charge >= 0.3 is 0 Å². The van der Waals surface area contributed by atoms with Gasteiger partial charge in [-0.25, -0.2) is 0 Å². The SMILES string of the molecule is CC(C)=CCCC(C)=CCN(CC=C(C)CCC=C(C)C)C(=O)c1ccc(N)cc1. The third kappa shape index (κ3) is 10.8. The van der Waals surface area contributed by atoms with Gasteiger partial charge in [0.05, 0.1) is 0 Å². The van der Waals surface area contributed by atoms with E-state index in [1.807, 2.05) is 4.90 Å². The summed E-state index contributed by atoms with van der Waals surface area (Å²) in [5.74, 6) is 0.0386. The molecule has 0 radical (unpaired) electrons. The Hall–Kier alpha value is -2.55. The van der Waals surface area contributed by atoms with E-state index in [0.717, 1.165) is 25.7 Å². The lowest BCUT2D eigenvalue weighted by atomic mass is 10.1. The summed E-state index contributed by atoms with van der Waals surface area (Å²) >= 11 is 0. The average molecular weight is 409 g/mol. The van der Waals surface area contributed by atoms with Crippen molar-refractivity contribution >= 4 is 11.6 Å². The zero-order valence-electron chi connectivity index (χ0n) is 19.8. The number of nitrogen functional groups attached to an aromatic ring is 1. The molecule has 0 saturated heterocycles. The van der Waals surface area contributed by atoms with Crippen molar-refractivity contribution in [1.29, 1.82) is 0 Å². The fourth-order valence-electron chi connectivity index (χ4n) is 2.96. The van der Waals surface area contributed by atoms with Crippen LogP contribution in [-0.2, 0) is 0 Å². The number of carbonyl (C=O) groups excluding carboxylic acids is 1. The van der Waals surface area contributed by atoms with Gasteiger partial charge in [0.25, 0.3) is 5.91 Å². The first-order valence-electron chi connectivity index (χ1n) is 10.9. The third-order valence-electron chi connectivity index (χ3n) is 4.95. The van der Waals surface area contributed by atoms with Gasteiger partial charge in [0.1, 0.15) is 0 Å². The molecule has 0 fully saturated rings. The molecule has 1 amide bonds. The molecule has 0 aliphatic rings. The molecule has 2 N–H and O–H groups in total. The summed E-state index contributed by atoms with van der Waals surface area (Å²) in [4.78, 5) is 15.0. The molecular formula is C27H40N2O. The fraction of sp³-hybridized carbons (Fsp3) is 0.444. The van der Waals surface area contributed by atoms with Crippen molar-refractivity contribution in [2.45, 2.75) is 67.2 Å². The van der Waals surface area contributed by atoms with Gasteiger partial charge in [0.2, 0.25) is 0 Å². The molecule has 3 heteroatoms. The van der Waals surface area contributed by atoms with Crippen molar-refractivity contribution in [3.63, 3.8) is 0 Å². The standard InChI is InChI=1S/C27H40N2O/c1-21(2)9-7-11-23(5)17-19-29(20-18-24(6)12-8-10-22(3)4)27(30)25-13-15-26(28)16-14-25/h9-10,13-18H,7-8,11-12,19-20,28H2,1-6H3. The second-order valence-electron chi connectivity index (χ2n) is 8.57. The van der Waals surface area contributed by atoms with Crippen molar-refractivity contribution in [2.75, 3.05) is 18.8 Å². The average Bonchev–Trinajstić information content (AvgIpc) is 2.67. The minimum Gasteiger partial charge on any atom is -0.399 e. The smallest absolute Gasteiger partial charge is 0.254 e. The van der Waals surface area contributed by atoms with E-state index in [-0.39, 0.29) is 5.91 Å². The molecule has 3 nitrogen and oxygen atoms in total. The summed E-state index contributed by atoms with van der Waals surface area (Å²) in [6.07, 6.45) is 13.0. The first-order chi connectivity index (χ1) is 14.2. The number of rotatable bonds is 11. The molecule has 0 unspecified atom stereocenters. The number of hydrogen-bond donors (Lipinski definition) is 1. The van der Waals surface area contributed by atoms with Crippen LogP contribution in [-0.4, -0.2) is 23.9 Å². The molecule has 0 atom stereocenters. The second-order valence-corrected chi connectivity index (χ2v) is 8.57. The highest BCUT2D eigenvalue weighted by atomic mass is 16.2. The number of anilines is 1. The second kappa shape index (κ2) is 13.6. The summed E-state index contributed by atoms with van der Waals surface area (Å²) in [5, 5.41) is 0. The van der Waals surface area contributed by atoms with E-state index in [1.165, 1.54) is 22.3 Å². The maximum atomic E-state index is 13.1. The minimum atomic E-state index is 0.0386. The van der Waals surface area contributed by atoms with Crippen LogP contribution in [0.2, 0.25) is 0 Å². The minimum absolute atomic E-state index is 0.0386. The van der Waals surface area contributed by atoms with E-state index in [9.17, 15) is 4.79 Å². The molecular weight excluding hydrogens is 368 g/mol. The first kappa shape index (κ1) is 25.5. The number of nitrogens with zero attached hydrogens (tertiary/aromatic N) is 1. The molecule has 1 aromatic carbocycles. The third-order valence-corrected chi connectivity index (χ3v) is 4.95. The molecule has 0 spiro atoms. The number of carbonyl (C=O) groups is 1. The Kier molecular flexibility index (Phi) is 11.6. The molecule has 0 aliphatic heterocycles. The van der Waals surface area contributed by atoms with Crippen LogP contribution in [0.5, 0.6) is 0 Å². The van der Waals surface area contributed by atoms with E-state index in [4.69, 9.17) is 5.73 Å². The normalized spacial score (nSPS) is 11.8. The summed E-state index contributed by atoms with van der Waals surface area (Å²) in [6.45, 7) is 14.0. The molecule has 0 heterocycles. The van der Waals surface area contributed by atoms with Crippen molar-refractivity contribution in [3.05, 3.63) is 76.4 Å². The summed E-state index contributed by atoms with van der Waals surface area (Å²) in [7, 11) is 0. The number of hydrogen-bond acceptors (Lipinski definition) is 2. The fourth-order valence-corrected chi connectivity index (χ4v) is 2.96. The van der Waals surface area contributed by atoms with E-state index >= 15 is 0 Å². The van der Waals surface area contributed by atoms with Crippen LogP contribution < -0.4 is 5.73 Å². The highest BCUT2D eigenvalue weighted by Crippen LogP contribution is 2.13. The molecule has 0 saturated carbocycles. The number of benzene rings is 1. The number of amides is 1. The largest absolute Gasteiger partial charge is 0.399 e. The zero-order chi connectivity index (χ0) is 22.5. The van der Waals surface area contributed by atoms with Crippen LogP contribution >= 0.6 is 0 Å². The van der Waals surface area contributed by atoms with Gasteiger partial charge in [-0.3, -0.25) is 4.79 Å². The van der Waals surface area contributed by atoms with Crippen LogP contribution in [0.15, 0.2) is 70.9 Å². The van der Waals surface area contributed by atoms with Gasteiger partial charge < -0.3 is 10.6 Å². The van der Waals surface area contributed by atoms with Gasteiger partial charge in [0, 0.05) is 24.3 Å². The topological polar surface area (TPSA) is 46.3 Å². The van der Waals surface area contributed by atoms with E-state index in [1.54, 1.807) is 24.3 Å². The molecule has 30 heavy (non-hydrogen) atoms. The van der Waals surface area contributed by atoms with Crippen LogP contribution in [0.1, 0.15) is 77.6 Å². The molecule has 0 bridgehead atoms. The molecule has 1 aromatic rings. The lowest BCUT2D eigenvalue weighted by Crippen LogP contribution is -2.31. The predicted octanol–water partition coefficient (Wildman–Crippen LogP) is 7.10. The number of allylic oxidation sites excluding steroid dienone is 6. The van der Waals surface area contributed by atoms with Crippen LogP contribution in [0.4, 0.5) is 5.69 Å². The Balaban J connectivity index is 2.87. The zero-order valence-corrected chi connectivity index (χ0v) is 19.8. The van der Waals surface area contributed by atoms with Crippen molar-refractivity contribution < 1.29 is 4.79 Å². The Morgan fingerprint density at radius 1 is 0.767 bits per heavy atom. The maximum Gasteiger partial charge on any atom is 0.254 e. The lowest BCUT2D eigenvalue weighted by molar-refractivity contribution is 0.0790. The van der Waals surface area contributed by atoms with E-state index in [2.05, 4.69) is 65.8 Å².